The topological polar surface area (TPSA) is 168 Å². The molecular weight excluding hydrogens is 1330 g/mol. The lowest BCUT2D eigenvalue weighted by molar-refractivity contribution is 0.0854. The molecule has 6 atom stereocenters. The molecule has 7 fully saturated rings. The molecule has 0 bridgehead atoms. The molecule has 5 aromatic rings. The van der Waals surface area contributed by atoms with Crippen LogP contribution in [0.3, 0.4) is 0 Å². The van der Waals surface area contributed by atoms with E-state index in [-0.39, 0.29) is 11.8 Å². The lowest BCUT2D eigenvalue weighted by atomic mass is 9.80. The summed E-state index contributed by atoms with van der Waals surface area (Å²) in [5.41, 5.74) is 3.71. The highest BCUT2D eigenvalue weighted by molar-refractivity contribution is 5.98. The molecule has 0 radical (unpaired) electrons. The van der Waals surface area contributed by atoms with Crippen molar-refractivity contribution in [2.75, 3.05) is 118 Å². The van der Waals surface area contributed by atoms with Crippen molar-refractivity contribution >= 4 is 11.6 Å². The highest BCUT2D eigenvalue weighted by Gasteiger charge is 2.29. The summed E-state index contributed by atoms with van der Waals surface area (Å²) < 4.78 is 28.8. The second-order valence-electron chi connectivity index (χ2n) is 31.7. The summed E-state index contributed by atoms with van der Waals surface area (Å²) in [6.07, 6.45) is 30.7. The number of ketones is 2. The number of hydrogen-bond acceptors (Lipinski definition) is 15. The van der Waals surface area contributed by atoms with E-state index < -0.39 is 0 Å². The molecule has 5 heterocycles. The predicted octanol–water partition coefficient (Wildman–Crippen LogP) is 19.2. The normalized spacial score (nSPS) is 21.6. The molecule has 7 aliphatic rings. The zero-order valence-electron chi connectivity index (χ0n) is 66.5. The lowest BCUT2D eigenvalue weighted by Crippen LogP contribution is -2.42. The van der Waals surface area contributed by atoms with E-state index in [1.165, 1.54) is 155 Å². The second kappa shape index (κ2) is 49.0. The van der Waals surface area contributed by atoms with Crippen LogP contribution in [0, 0.1) is 69.5 Å². The number of Topliss-reactive ketones (excluding diaryl/α,β-unsaturated/α-hetero) is 2. The summed E-state index contributed by atoms with van der Waals surface area (Å²) in [7, 11) is 0. The van der Waals surface area contributed by atoms with Crippen LogP contribution in [0.5, 0.6) is 28.7 Å². The van der Waals surface area contributed by atoms with Gasteiger partial charge in [-0.05, 0) is 301 Å². The molecule has 15 heteroatoms. The molecular formula is C92H132N8O7. The first-order chi connectivity index (χ1) is 52.3. The Kier molecular flexibility index (Phi) is 39.1. The number of nitriles is 3. The summed E-state index contributed by atoms with van der Waals surface area (Å²) in [5.74, 6) is 8.86. The molecule has 5 aliphatic heterocycles. The van der Waals surface area contributed by atoms with E-state index in [2.05, 4.69) is 84.2 Å². The van der Waals surface area contributed by atoms with E-state index >= 15 is 0 Å². The summed E-state index contributed by atoms with van der Waals surface area (Å²) in [6, 6.07) is 45.2. The van der Waals surface area contributed by atoms with Gasteiger partial charge in [-0.1, -0.05) is 72.6 Å². The van der Waals surface area contributed by atoms with Crippen LogP contribution < -0.4 is 23.7 Å². The maximum absolute atomic E-state index is 12.3. The SMILES string of the molecule is CC[C@@H]1CC[C@H](C)N(CCCOc2ccc(C#N)cc2)C1.CC[C@H]1CC[C@H](C)N(CCCOc2ccc(C#N)cc2)C1.C[C@@H]1C[C@H](C)CN(CCCOc2ccc(C#N)cc2)C1.O=C(c1ccc(OCCCN2CCCCC2)cc1)C1CCC1.O=C(c1ccc(OCCCN2CCCCC2)cc1)C1CCCC1. The van der Waals surface area contributed by atoms with Gasteiger partial charge in [0.1, 0.15) is 28.7 Å². The molecule has 0 aromatic heterocycles. The Morgan fingerprint density at radius 2 is 0.654 bits per heavy atom. The van der Waals surface area contributed by atoms with Crippen LogP contribution in [0.2, 0.25) is 0 Å². The minimum Gasteiger partial charge on any atom is -0.494 e. The molecule has 0 N–H and O–H groups in total. The van der Waals surface area contributed by atoms with Crippen LogP contribution in [0.25, 0.3) is 0 Å². The van der Waals surface area contributed by atoms with Crippen LogP contribution in [-0.2, 0) is 0 Å². The monoisotopic (exact) mass is 1460 g/mol. The third kappa shape index (κ3) is 31.7. The Morgan fingerprint density at radius 1 is 0.355 bits per heavy atom. The van der Waals surface area contributed by atoms with Gasteiger partial charge in [-0.3, -0.25) is 9.59 Å². The van der Waals surface area contributed by atoms with Crippen LogP contribution in [-0.4, -0.2) is 166 Å². The standard InChI is InChI=1S/C20H29NO2.C19H27NO2.2C18H26N2O.C17H24N2O/c22-20(17-7-2-3-8-17)18-9-11-19(12-10-18)23-16-6-15-21-13-4-1-5-14-21;21-19(16-6-4-7-16)17-8-10-18(11-9-17)22-15-5-14-20-12-2-1-3-13-20;2*1-3-16-6-5-15(2)20(14-16)11-4-12-21-18-9-7-17(13-19)8-10-18;1-14-10-15(2)13-19(12-14)8-3-9-20-17-6-4-16(11-18)5-7-17/h9-12,17H,1-8,13-16H2;8-11,16H,1-7,12-15H2;2*7-10,15-16H,3-6,11-12,14H2,1-2H3;4-7,14-15H,3,8-10,12-13H2,1-2H3/t;;15-,16+;15-,16-;14-,15+/m..00./s1. The van der Waals surface area contributed by atoms with Crippen molar-refractivity contribution in [2.45, 2.75) is 214 Å². The van der Waals surface area contributed by atoms with Crippen molar-refractivity contribution in [2.24, 2.45) is 35.5 Å². The van der Waals surface area contributed by atoms with Gasteiger partial charge in [-0.15, -0.1) is 0 Å². The van der Waals surface area contributed by atoms with E-state index in [1.807, 2.05) is 84.9 Å². The van der Waals surface area contributed by atoms with Gasteiger partial charge in [0.2, 0.25) is 0 Å². The average Bonchev–Trinajstić information content (AvgIpc) is 1.46. The first-order valence-electron chi connectivity index (χ1n) is 41.9. The van der Waals surface area contributed by atoms with Gasteiger partial charge in [0.05, 0.1) is 67.9 Å². The number of rotatable bonds is 31. The molecule has 2 aliphatic carbocycles. The van der Waals surface area contributed by atoms with Crippen LogP contribution in [0.4, 0.5) is 0 Å². The molecule has 0 spiro atoms. The molecule has 15 nitrogen and oxygen atoms in total. The van der Waals surface area contributed by atoms with Gasteiger partial charge in [-0.2, -0.15) is 15.8 Å². The Bertz CT molecular complexity index is 3280. The number of likely N-dealkylation sites (tertiary alicyclic amines) is 5. The van der Waals surface area contributed by atoms with Crippen molar-refractivity contribution in [3.63, 3.8) is 0 Å². The number of piperidine rings is 5. The zero-order valence-corrected chi connectivity index (χ0v) is 66.5. The first-order valence-corrected chi connectivity index (χ1v) is 41.9. The van der Waals surface area contributed by atoms with Gasteiger partial charge in [0, 0.05) is 93.9 Å². The number of carbonyl (C=O) groups excluding carboxylic acids is 2. The van der Waals surface area contributed by atoms with Gasteiger partial charge >= 0.3 is 0 Å². The summed E-state index contributed by atoms with van der Waals surface area (Å²) in [6.45, 7) is 33.3. The largest absolute Gasteiger partial charge is 0.494 e. The van der Waals surface area contributed by atoms with E-state index in [9.17, 15) is 9.59 Å². The molecule has 12 rings (SSSR count). The second-order valence-corrected chi connectivity index (χ2v) is 31.7. The van der Waals surface area contributed by atoms with Crippen LogP contribution in [0.1, 0.15) is 239 Å². The summed E-state index contributed by atoms with van der Waals surface area (Å²) in [5, 5.41) is 26.2. The quantitative estimate of drug-likeness (QED) is 0.0303. The molecule has 107 heavy (non-hydrogen) atoms. The summed E-state index contributed by atoms with van der Waals surface area (Å²) in [4.78, 5) is 37.3. The van der Waals surface area contributed by atoms with E-state index in [0.717, 1.165) is 187 Å². The average molecular weight is 1460 g/mol. The molecule has 0 amide bonds. The minimum atomic E-state index is 0.256. The van der Waals surface area contributed by atoms with Crippen molar-refractivity contribution < 1.29 is 33.3 Å². The Morgan fingerprint density at radius 3 is 0.953 bits per heavy atom. The van der Waals surface area contributed by atoms with E-state index in [4.69, 9.17) is 39.5 Å². The Balaban J connectivity index is 0.000000169. The molecule has 2 saturated carbocycles. The highest BCUT2D eigenvalue weighted by Crippen LogP contribution is 2.32. The van der Waals surface area contributed by atoms with Crippen molar-refractivity contribution in [1.82, 2.24) is 24.5 Å². The predicted molar refractivity (Wildman–Crippen MR) is 433 cm³/mol. The third-order valence-electron chi connectivity index (χ3n) is 23.0. The Labute approximate surface area is 645 Å². The van der Waals surface area contributed by atoms with E-state index in [0.29, 0.717) is 40.3 Å². The number of hydrogen-bond donors (Lipinski definition) is 0. The maximum Gasteiger partial charge on any atom is 0.165 e. The fraction of sp³-hybridized carbons (Fsp3) is 0.620. The number of ether oxygens (including phenoxy) is 5. The fourth-order valence-corrected chi connectivity index (χ4v) is 16.1. The fourth-order valence-electron chi connectivity index (χ4n) is 16.1. The Hall–Kier alpha value is -7.29. The third-order valence-corrected chi connectivity index (χ3v) is 23.0. The van der Waals surface area contributed by atoms with Crippen LogP contribution in [0.15, 0.2) is 121 Å². The van der Waals surface area contributed by atoms with Crippen molar-refractivity contribution in [3.8, 4) is 47.0 Å². The number of nitrogens with zero attached hydrogens (tertiary/aromatic N) is 8. The lowest BCUT2D eigenvalue weighted by Gasteiger charge is -2.37. The number of benzene rings is 5. The number of carbonyl (C=O) groups is 2. The van der Waals surface area contributed by atoms with Gasteiger partial charge in [0.15, 0.2) is 11.6 Å². The van der Waals surface area contributed by atoms with Crippen molar-refractivity contribution in [3.05, 3.63) is 149 Å². The first kappa shape index (κ1) is 85.3. The van der Waals surface area contributed by atoms with Gasteiger partial charge in [-0.25, -0.2) is 0 Å². The molecule has 5 aromatic carbocycles. The van der Waals surface area contributed by atoms with Gasteiger partial charge in [0.25, 0.3) is 0 Å². The molecule has 0 unspecified atom stereocenters. The van der Waals surface area contributed by atoms with Crippen LogP contribution >= 0.6 is 0 Å². The minimum absolute atomic E-state index is 0.256. The van der Waals surface area contributed by atoms with Crippen molar-refractivity contribution in [1.29, 1.82) is 15.8 Å². The molecule has 582 valence electrons. The smallest absolute Gasteiger partial charge is 0.165 e. The summed E-state index contributed by atoms with van der Waals surface area (Å²) >= 11 is 0. The van der Waals surface area contributed by atoms with E-state index in [1.54, 1.807) is 36.4 Å². The zero-order chi connectivity index (χ0) is 75.6. The highest BCUT2D eigenvalue weighted by atomic mass is 16.5. The molecule has 5 saturated heterocycles. The van der Waals surface area contributed by atoms with Gasteiger partial charge < -0.3 is 48.2 Å². The maximum atomic E-state index is 12.3.